The molecule has 0 radical (unpaired) electrons. The molecule has 0 aliphatic heterocycles. The molecule has 0 aromatic carbocycles. The molecular weight excluding hydrogens is 188 g/mol. The number of rotatable bonds is 5. The van der Waals surface area contributed by atoms with Crippen LogP contribution in [0.15, 0.2) is 11.6 Å². The second-order valence-corrected chi connectivity index (χ2v) is 5.35. The maximum absolute atomic E-state index is 9.57. The van der Waals surface area contributed by atoms with Crippen LogP contribution in [-0.2, 0) is 0 Å². The molecule has 1 aliphatic rings. The number of aliphatic hydroxyl groups is 2. The zero-order chi connectivity index (χ0) is 11.3. The molecule has 2 nitrogen and oxygen atoms in total. The summed E-state index contributed by atoms with van der Waals surface area (Å²) in [5.41, 5.74) is 0.993. The average Bonchev–Trinajstić information content (AvgIpc) is 2.17. The quantitative estimate of drug-likeness (QED) is 0.688. The van der Waals surface area contributed by atoms with Gasteiger partial charge in [0.15, 0.2) is 0 Å². The second kappa shape index (κ2) is 5.66. The highest BCUT2D eigenvalue weighted by Gasteiger charge is 2.15. The fourth-order valence-corrected chi connectivity index (χ4v) is 2.08. The summed E-state index contributed by atoms with van der Waals surface area (Å²) in [6, 6.07) is 0. The van der Waals surface area contributed by atoms with Gasteiger partial charge in [0.1, 0.15) is 0 Å². The van der Waals surface area contributed by atoms with Crippen LogP contribution in [0.25, 0.3) is 0 Å². The average molecular weight is 212 g/mol. The van der Waals surface area contributed by atoms with Gasteiger partial charge in [-0.05, 0) is 58.3 Å². The summed E-state index contributed by atoms with van der Waals surface area (Å²) in [5.74, 6) is 0.489. The third-order valence-corrected chi connectivity index (χ3v) is 3.16. The molecule has 0 fully saturated rings. The summed E-state index contributed by atoms with van der Waals surface area (Å²) in [4.78, 5) is 0. The van der Waals surface area contributed by atoms with Crippen LogP contribution in [0.4, 0.5) is 0 Å². The van der Waals surface area contributed by atoms with E-state index in [4.69, 9.17) is 5.11 Å². The van der Waals surface area contributed by atoms with Crippen LogP contribution in [0, 0.1) is 5.92 Å². The van der Waals surface area contributed by atoms with Gasteiger partial charge in [-0.3, -0.25) is 0 Å². The predicted molar refractivity (Wildman–Crippen MR) is 62.7 cm³/mol. The van der Waals surface area contributed by atoms with Crippen molar-refractivity contribution in [3.63, 3.8) is 0 Å². The van der Waals surface area contributed by atoms with Gasteiger partial charge in [-0.15, -0.1) is 0 Å². The Bertz CT molecular complexity index is 213. The molecule has 0 amide bonds. The predicted octanol–water partition coefficient (Wildman–Crippen LogP) is 2.65. The van der Waals surface area contributed by atoms with Crippen molar-refractivity contribution in [2.24, 2.45) is 5.92 Å². The lowest BCUT2D eigenvalue weighted by atomic mass is 9.87. The van der Waals surface area contributed by atoms with Crippen LogP contribution in [0.1, 0.15) is 52.4 Å². The van der Waals surface area contributed by atoms with Gasteiger partial charge in [0.05, 0.1) is 5.60 Å². The van der Waals surface area contributed by atoms with Crippen LogP contribution >= 0.6 is 0 Å². The molecule has 1 unspecified atom stereocenters. The van der Waals surface area contributed by atoms with E-state index in [-0.39, 0.29) is 0 Å². The van der Waals surface area contributed by atoms with Crippen molar-refractivity contribution in [2.45, 2.75) is 58.0 Å². The second-order valence-electron chi connectivity index (χ2n) is 5.35. The van der Waals surface area contributed by atoms with E-state index in [1.165, 1.54) is 5.57 Å². The van der Waals surface area contributed by atoms with Gasteiger partial charge in [0.25, 0.3) is 0 Å². The molecule has 0 bridgehead atoms. The van der Waals surface area contributed by atoms with Crippen molar-refractivity contribution < 1.29 is 10.2 Å². The Morgan fingerprint density at radius 3 is 2.67 bits per heavy atom. The third-order valence-electron chi connectivity index (χ3n) is 3.16. The SMILES string of the molecule is CC(C)(O)CCCC1=CCC(CO)CC1. The molecule has 88 valence electrons. The highest BCUT2D eigenvalue weighted by atomic mass is 16.3. The molecule has 15 heavy (non-hydrogen) atoms. The molecule has 0 heterocycles. The summed E-state index contributed by atoms with van der Waals surface area (Å²) >= 11 is 0. The highest BCUT2D eigenvalue weighted by molar-refractivity contribution is 5.06. The first-order valence-corrected chi connectivity index (χ1v) is 6.02. The fourth-order valence-electron chi connectivity index (χ4n) is 2.08. The molecule has 0 aromatic heterocycles. The van der Waals surface area contributed by atoms with Crippen molar-refractivity contribution in [1.29, 1.82) is 0 Å². The Morgan fingerprint density at radius 1 is 1.47 bits per heavy atom. The van der Waals surface area contributed by atoms with Crippen LogP contribution in [0.2, 0.25) is 0 Å². The first-order chi connectivity index (χ1) is 7.01. The Morgan fingerprint density at radius 2 is 2.20 bits per heavy atom. The normalized spacial score (nSPS) is 22.7. The standard InChI is InChI=1S/C13H24O2/c1-13(2,15)9-3-4-11-5-7-12(10-14)8-6-11/h5,12,14-15H,3-4,6-10H2,1-2H3. The van der Waals surface area contributed by atoms with Gasteiger partial charge in [-0.2, -0.15) is 0 Å². The first-order valence-electron chi connectivity index (χ1n) is 6.02. The van der Waals surface area contributed by atoms with Gasteiger partial charge in [0, 0.05) is 6.61 Å². The Labute approximate surface area is 93.0 Å². The van der Waals surface area contributed by atoms with E-state index in [1.54, 1.807) is 0 Å². The maximum atomic E-state index is 9.57. The lowest BCUT2D eigenvalue weighted by Gasteiger charge is -2.21. The maximum Gasteiger partial charge on any atom is 0.0591 e. The minimum absolute atomic E-state index is 0.327. The minimum atomic E-state index is -0.525. The van der Waals surface area contributed by atoms with E-state index in [2.05, 4.69) is 6.08 Å². The topological polar surface area (TPSA) is 40.5 Å². The van der Waals surface area contributed by atoms with E-state index in [1.807, 2.05) is 13.8 Å². The Hall–Kier alpha value is -0.340. The molecule has 2 heteroatoms. The molecule has 1 rings (SSSR count). The fraction of sp³-hybridized carbons (Fsp3) is 0.846. The zero-order valence-corrected chi connectivity index (χ0v) is 10.00. The minimum Gasteiger partial charge on any atom is -0.396 e. The summed E-state index contributed by atoms with van der Waals surface area (Å²) in [7, 11) is 0. The number of hydrogen-bond donors (Lipinski definition) is 2. The molecule has 0 saturated carbocycles. The Kier molecular flexibility index (Phi) is 4.81. The van der Waals surface area contributed by atoms with E-state index < -0.39 is 5.60 Å². The molecule has 1 atom stereocenters. The molecule has 0 saturated heterocycles. The largest absolute Gasteiger partial charge is 0.396 e. The zero-order valence-electron chi connectivity index (χ0n) is 10.00. The lowest BCUT2D eigenvalue weighted by molar-refractivity contribution is 0.0688. The van der Waals surface area contributed by atoms with E-state index in [0.717, 1.165) is 38.5 Å². The summed E-state index contributed by atoms with van der Waals surface area (Å²) in [6.07, 6.45) is 8.64. The van der Waals surface area contributed by atoms with Gasteiger partial charge in [0.2, 0.25) is 0 Å². The smallest absolute Gasteiger partial charge is 0.0591 e. The number of allylic oxidation sites excluding steroid dienone is 2. The lowest BCUT2D eigenvalue weighted by Crippen LogP contribution is -2.18. The highest BCUT2D eigenvalue weighted by Crippen LogP contribution is 2.27. The summed E-state index contributed by atoms with van der Waals surface area (Å²) < 4.78 is 0. The van der Waals surface area contributed by atoms with Gasteiger partial charge < -0.3 is 10.2 Å². The van der Waals surface area contributed by atoms with Crippen LogP contribution in [-0.4, -0.2) is 22.4 Å². The summed E-state index contributed by atoms with van der Waals surface area (Å²) in [5, 5.41) is 18.6. The Balaban J connectivity index is 2.20. The number of hydrogen-bond acceptors (Lipinski definition) is 2. The third kappa shape index (κ3) is 5.33. The molecule has 0 spiro atoms. The van der Waals surface area contributed by atoms with E-state index in [9.17, 15) is 5.11 Å². The first kappa shape index (κ1) is 12.7. The van der Waals surface area contributed by atoms with Crippen molar-refractivity contribution in [3.8, 4) is 0 Å². The van der Waals surface area contributed by atoms with Gasteiger partial charge in [-0.1, -0.05) is 11.6 Å². The van der Waals surface area contributed by atoms with Crippen molar-refractivity contribution in [1.82, 2.24) is 0 Å². The molecule has 2 N–H and O–H groups in total. The van der Waals surface area contributed by atoms with Crippen molar-refractivity contribution >= 4 is 0 Å². The monoisotopic (exact) mass is 212 g/mol. The van der Waals surface area contributed by atoms with Crippen molar-refractivity contribution in [3.05, 3.63) is 11.6 Å². The summed E-state index contributed by atoms with van der Waals surface area (Å²) in [6.45, 7) is 4.06. The van der Waals surface area contributed by atoms with E-state index >= 15 is 0 Å². The molecule has 0 aromatic rings. The van der Waals surface area contributed by atoms with E-state index in [0.29, 0.717) is 12.5 Å². The van der Waals surface area contributed by atoms with Gasteiger partial charge in [-0.25, -0.2) is 0 Å². The number of aliphatic hydroxyl groups excluding tert-OH is 1. The van der Waals surface area contributed by atoms with Crippen molar-refractivity contribution in [2.75, 3.05) is 6.61 Å². The van der Waals surface area contributed by atoms with Crippen LogP contribution < -0.4 is 0 Å². The van der Waals surface area contributed by atoms with Crippen LogP contribution in [0.3, 0.4) is 0 Å². The van der Waals surface area contributed by atoms with Crippen LogP contribution in [0.5, 0.6) is 0 Å². The van der Waals surface area contributed by atoms with Gasteiger partial charge >= 0.3 is 0 Å². The molecular formula is C13H24O2. The molecule has 1 aliphatic carbocycles.